The Hall–Kier alpha value is -1.66. The Morgan fingerprint density at radius 2 is 2.00 bits per heavy atom. The first kappa shape index (κ1) is 15.7. The molecule has 110 valence electrons. The van der Waals surface area contributed by atoms with Crippen LogP contribution in [0, 0.1) is 6.92 Å². The Kier molecular flexibility index (Phi) is 4.80. The highest BCUT2D eigenvalue weighted by molar-refractivity contribution is 9.10. The van der Waals surface area contributed by atoms with E-state index < -0.39 is 5.97 Å². The van der Waals surface area contributed by atoms with Gasteiger partial charge in [0.15, 0.2) is 0 Å². The smallest absolute Gasteiger partial charge is 0.335 e. The summed E-state index contributed by atoms with van der Waals surface area (Å²) in [6, 6.07) is 6.45. The van der Waals surface area contributed by atoms with E-state index in [1.54, 1.807) is 6.07 Å². The first-order chi connectivity index (χ1) is 9.90. The van der Waals surface area contributed by atoms with Gasteiger partial charge in [0.25, 0.3) is 5.91 Å². The maximum absolute atomic E-state index is 12.2. The number of hydrogen-bond donors (Lipinski definition) is 2. The van der Waals surface area contributed by atoms with Crippen LogP contribution in [0.25, 0.3) is 0 Å². The molecule has 2 N–H and O–H groups in total. The number of aryl methyl sites for hydroxylation is 2. The van der Waals surface area contributed by atoms with Crippen molar-refractivity contribution in [3.63, 3.8) is 0 Å². The molecule has 0 aliphatic rings. The van der Waals surface area contributed by atoms with Crippen molar-refractivity contribution in [2.24, 2.45) is 0 Å². The van der Waals surface area contributed by atoms with Crippen LogP contribution in [0.4, 0.5) is 5.69 Å². The van der Waals surface area contributed by atoms with Gasteiger partial charge in [-0.05, 0) is 43.2 Å². The highest BCUT2D eigenvalue weighted by Gasteiger charge is 2.13. The quantitative estimate of drug-likeness (QED) is 0.844. The number of nitrogens with one attached hydrogen (secondary N) is 1. The monoisotopic (exact) mass is 367 g/mol. The zero-order chi connectivity index (χ0) is 15.6. The number of aromatic carboxylic acids is 1. The lowest BCUT2D eigenvalue weighted by Gasteiger charge is -2.06. The van der Waals surface area contributed by atoms with E-state index in [1.807, 2.05) is 19.9 Å². The molecular weight excluding hydrogens is 354 g/mol. The molecule has 0 unspecified atom stereocenters. The summed E-state index contributed by atoms with van der Waals surface area (Å²) in [6.07, 6.45) is 0.893. The molecule has 2 aromatic rings. The number of hydrogen-bond acceptors (Lipinski definition) is 3. The number of carbonyl (C=O) groups is 2. The Balaban J connectivity index is 2.24. The number of carbonyl (C=O) groups excluding carboxylic acids is 1. The molecule has 4 nitrogen and oxygen atoms in total. The van der Waals surface area contributed by atoms with Gasteiger partial charge in [0.05, 0.1) is 10.4 Å². The number of rotatable bonds is 4. The van der Waals surface area contributed by atoms with E-state index in [-0.39, 0.29) is 11.5 Å². The van der Waals surface area contributed by atoms with E-state index in [2.05, 4.69) is 21.2 Å². The zero-order valence-electron chi connectivity index (χ0n) is 11.6. The lowest BCUT2D eigenvalue weighted by atomic mass is 10.2. The second kappa shape index (κ2) is 6.41. The van der Waals surface area contributed by atoms with Crippen molar-refractivity contribution >= 4 is 44.8 Å². The highest BCUT2D eigenvalue weighted by Crippen LogP contribution is 2.25. The van der Waals surface area contributed by atoms with Gasteiger partial charge in [-0.1, -0.05) is 22.9 Å². The summed E-state index contributed by atoms with van der Waals surface area (Å²) in [4.78, 5) is 25.0. The Labute approximate surface area is 134 Å². The molecule has 0 radical (unpaired) electrons. The molecule has 1 amide bonds. The van der Waals surface area contributed by atoms with Crippen LogP contribution in [-0.4, -0.2) is 17.0 Å². The molecule has 0 aliphatic heterocycles. The van der Waals surface area contributed by atoms with E-state index in [9.17, 15) is 9.59 Å². The lowest BCUT2D eigenvalue weighted by Crippen LogP contribution is -2.11. The van der Waals surface area contributed by atoms with Crippen LogP contribution in [0.15, 0.2) is 28.7 Å². The Morgan fingerprint density at radius 1 is 1.29 bits per heavy atom. The summed E-state index contributed by atoms with van der Waals surface area (Å²) >= 11 is 4.70. The van der Waals surface area contributed by atoms with Gasteiger partial charge in [-0.15, -0.1) is 11.3 Å². The summed E-state index contributed by atoms with van der Waals surface area (Å²) in [7, 11) is 0. The average Bonchev–Trinajstić information content (AvgIpc) is 2.79. The minimum Gasteiger partial charge on any atom is -0.478 e. The molecule has 21 heavy (non-hydrogen) atoms. The van der Waals surface area contributed by atoms with E-state index in [4.69, 9.17) is 5.11 Å². The summed E-state index contributed by atoms with van der Waals surface area (Å²) < 4.78 is 0.606. The summed E-state index contributed by atoms with van der Waals surface area (Å²) in [5.74, 6) is -1.26. The van der Waals surface area contributed by atoms with Gasteiger partial charge >= 0.3 is 5.97 Å². The minimum absolute atomic E-state index is 0.122. The van der Waals surface area contributed by atoms with Gasteiger partial charge < -0.3 is 10.4 Å². The van der Waals surface area contributed by atoms with Crippen molar-refractivity contribution in [3.05, 3.63) is 49.6 Å². The molecule has 0 atom stereocenters. The van der Waals surface area contributed by atoms with Crippen molar-refractivity contribution < 1.29 is 14.7 Å². The lowest BCUT2D eigenvalue weighted by molar-refractivity contribution is 0.0696. The third-order valence-electron chi connectivity index (χ3n) is 2.97. The van der Waals surface area contributed by atoms with Gasteiger partial charge in [-0.25, -0.2) is 4.79 Å². The van der Waals surface area contributed by atoms with Gasteiger partial charge in [0.2, 0.25) is 0 Å². The maximum Gasteiger partial charge on any atom is 0.335 e. The van der Waals surface area contributed by atoms with Crippen molar-refractivity contribution in [2.45, 2.75) is 20.3 Å². The van der Waals surface area contributed by atoms with E-state index in [0.29, 0.717) is 15.0 Å². The topological polar surface area (TPSA) is 66.4 Å². The third-order valence-corrected chi connectivity index (χ3v) is 4.81. The van der Waals surface area contributed by atoms with Gasteiger partial charge in [-0.3, -0.25) is 4.79 Å². The molecule has 0 aliphatic carbocycles. The fourth-order valence-corrected chi connectivity index (χ4v) is 3.46. The number of amides is 1. The van der Waals surface area contributed by atoms with E-state index in [0.717, 1.165) is 12.0 Å². The van der Waals surface area contributed by atoms with Crippen molar-refractivity contribution in [1.29, 1.82) is 0 Å². The molecule has 0 saturated heterocycles. The molecule has 6 heteroatoms. The second-order valence-electron chi connectivity index (χ2n) is 4.56. The molecule has 2 rings (SSSR count). The fourth-order valence-electron chi connectivity index (χ4n) is 1.96. The molecule has 0 saturated carbocycles. The van der Waals surface area contributed by atoms with Crippen LogP contribution < -0.4 is 5.32 Å². The molecule has 1 heterocycles. The molecule has 1 aromatic carbocycles. The van der Waals surface area contributed by atoms with Crippen molar-refractivity contribution in [2.75, 3.05) is 5.32 Å². The van der Waals surface area contributed by atoms with Gasteiger partial charge in [0.1, 0.15) is 0 Å². The highest BCUT2D eigenvalue weighted by atomic mass is 79.9. The second-order valence-corrected chi connectivity index (χ2v) is 6.61. The summed E-state index contributed by atoms with van der Waals surface area (Å²) in [6.45, 7) is 4.03. The van der Waals surface area contributed by atoms with Crippen LogP contribution in [-0.2, 0) is 6.42 Å². The number of anilines is 1. The number of benzene rings is 1. The Bertz CT molecular complexity index is 709. The molecule has 0 spiro atoms. The third kappa shape index (κ3) is 3.71. The first-order valence-corrected chi connectivity index (χ1v) is 7.96. The van der Waals surface area contributed by atoms with Crippen LogP contribution in [0.1, 0.15) is 37.4 Å². The predicted molar refractivity (Wildman–Crippen MR) is 87.5 cm³/mol. The largest absolute Gasteiger partial charge is 0.478 e. The SMILES string of the molecule is CCc1sc(C(=O)Nc2cc(Br)cc(C(=O)O)c2)cc1C. The predicted octanol–water partition coefficient (Wildman–Crippen LogP) is 4.33. The van der Waals surface area contributed by atoms with Crippen LogP contribution in [0.5, 0.6) is 0 Å². The maximum atomic E-state index is 12.2. The van der Waals surface area contributed by atoms with E-state index >= 15 is 0 Å². The fraction of sp³-hybridized carbons (Fsp3) is 0.200. The molecule has 0 bridgehead atoms. The van der Waals surface area contributed by atoms with Crippen molar-refractivity contribution in [3.8, 4) is 0 Å². The number of halogens is 1. The number of carboxylic acids is 1. The number of thiophene rings is 1. The van der Waals surface area contributed by atoms with E-state index in [1.165, 1.54) is 28.3 Å². The van der Waals surface area contributed by atoms with Gasteiger partial charge in [-0.2, -0.15) is 0 Å². The summed E-state index contributed by atoms with van der Waals surface area (Å²) in [5, 5.41) is 11.8. The molecular formula is C15H14BrNO3S. The number of carboxylic acid groups (broad SMARTS) is 1. The van der Waals surface area contributed by atoms with Crippen LogP contribution >= 0.6 is 27.3 Å². The normalized spacial score (nSPS) is 10.4. The summed E-state index contributed by atoms with van der Waals surface area (Å²) in [5.41, 5.74) is 1.68. The Morgan fingerprint density at radius 3 is 2.57 bits per heavy atom. The zero-order valence-corrected chi connectivity index (χ0v) is 14.0. The molecule has 0 fully saturated rings. The van der Waals surface area contributed by atoms with Crippen LogP contribution in [0.2, 0.25) is 0 Å². The van der Waals surface area contributed by atoms with Crippen molar-refractivity contribution in [1.82, 2.24) is 0 Å². The van der Waals surface area contributed by atoms with Gasteiger partial charge in [0, 0.05) is 15.0 Å². The van der Waals surface area contributed by atoms with Crippen LogP contribution in [0.3, 0.4) is 0 Å². The average molecular weight is 368 g/mol. The minimum atomic E-state index is -1.04. The first-order valence-electron chi connectivity index (χ1n) is 6.35. The molecule has 1 aromatic heterocycles. The standard InChI is InChI=1S/C15H14BrNO3S/c1-3-12-8(2)4-13(21-12)14(18)17-11-6-9(15(19)20)5-10(16)7-11/h4-7H,3H2,1-2H3,(H,17,18)(H,19,20).